The average molecular weight is 870 g/mol. The third-order valence-corrected chi connectivity index (χ3v) is 13.3. The van der Waals surface area contributed by atoms with Crippen LogP contribution in [0.4, 0.5) is 0 Å². The summed E-state index contributed by atoms with van der Waals surface area (Å²) >= 11 is 1.67. The molecule has 0 bridgehead atoms. The van der Waals surface area contributed by atoms with Crippen molar-refractivity contribution in [2.24, 2.45) is 22.9 Å². The molecule has 4 aromatic rings. The maximum absolute atomic E-state index is 15.0. The van der Waals surface area contributed by atoms with Gasteiger partial charge in [-0.15, -0.1) is 18.3 Å². The van der Waals surface area contributed by atoms with E-state index in [1.54, 1.807) is 42.1 Å². The first-order valence-corrected chi connectivity index (χ1v) is 23.5. The Hall–Kier alpha value is -5.38. The van der Waals surface area contributed by atoms with Crippen molar-refractivity contribution in [1.82, 2.24) is 4.90 Å². The molecule has 6 atom stereocenters. The first kappa shape index (κ1) is 45.6. The van der Waals surface area contributed by atoms with Crippen LogP contribution in [-0.4, -0.2) is 71.2 Å². The maximum atomic E-state index is 15.0. The van der Waals surface area contributed by atoms with E-state index in [0.717, 1.165) is 58.7 Å². The predicted octanol–water partition coefficient (Wildman–Crippen LogP) is 10.5. The fourth-order valence-electron chi connectivity index (χ4n) is 9.74. The molecule has 11 heteroatoms. The highest BCUT2D eigenvalue weighted by molar-refractivity contribution is 7.98. The molecule has 4 aromatic carbocycles. The van der Waals surface area contributed by atoms with Crippen LogP contribution in [0.3, 0.4) is 0 Å². The number of aliphatic hydroxyl groups is 2. The molecule has 0 radical (unpaired) electrons. The van der Waals surface area contributed by atoms with Crippen LogP contribution in [0, 0.1) is 29.1 Å². The van der Waals surface area contributed by atoms with Crippen LogP contribution in [0.15, 0.2) is 131 Å². The van der Waals surface area contributed by atoms with Gasteiger partial charge in [0.2, 0.25) is 5.79 Å². The second kappa shape index (κ2) is 21.8. The van der Waals surface area contributed by atoms with Crippen LogP contribution < -0.4 is 9.47 Å². The Morgan fingerprint density at radius 3 is 2.40 bits per heavy atom. The normalized spacial score (nSPS) is 22.7. The number of allylic oxidation sites excluding steroid dienone is 1. The number of hydrogen-bond donors (Lipinski definition) is 2. The zero-order chi connectivity index (χ0) is 44.2. The highest BCUT2D eigenvalue weighted by Gasteiger charge is 2.65. The van der Waals surface area contributed by atoms with Gasteiger partial charge in [-0.25, -0.2) is 0 Å². The maximum Gasteiger partial charge on any atom is 0.254 e. The molecule has 1 saturated carbocycles. The Bertz CT molecular complexity index is 2260. The van der Waals surface area contributed by atoms with Gasteiger partial charge in [0, 0.05) is 48.1 Å². The van der Waals surface area contributed by atoms with E-state index >= 15 is 0 Å². The topological polar surface area (TPSA) is 134 Å². The zero-order valence-corrected chi connectivity index (χ0v) is 37.2. The molecule has 7 rings (SSSR count). The molecule has 1 heterocycles. The number of carbonyl (C=O) groups excluding carboxylic acids is 1. The van der Waals surface area contributed by atoms with Crippen LogP contribution in [0.25, 0.3) is 0 Å². The van der Waals surface area contributed by atoms with E-state index in [-0.39, 0.29) is 56.5 Å². The average Bonchev–Trinajstić information content (AvgIpc) is 3.32. The molecule has 2 aliphatic carbocycles. The van der Waals surface area contributed by atoms with Crippen LogP contribution >= 0.6 is 11.8 Å². The third-order valence-electron chi connectivity index (χ3n) is 12.6. The van der Waals surface area contributed by atoms with Gasteiger partial charge in [0.05, 0.1) is 29.9 Å². The number of oxime groups is 1. The first-order chi connectivity index (χ1) is 30.9. The lowest BCUT2D eigenvalue weighted by atomic mass is 9.55. The van der Waals surface area contributed by atoms with Crippen molar-refractivity contribution in [3.63, 3.8) is 0 Å². The lowest BCUT2D eigenvalue weighted by Crippen LogP contribution is -2.70. The Morgan fingerprint density at radius 1 is 0.984 bits per heavy atom. The van der Waals surface area contributed by atoms with Gasteiger partial charge < -0.3 is 34.2 Å². The Kier molecular flexibility index (Phi) is 15.8. The van der Waals surface area contributed by atoms with E-state index in [9.17, 15) is 20.3 Å². The van der Waals surface area contributed by atoms with E-state index in [4.69, 9.17) is 24.2 Å². The van der Waals surface area contributed by atoms with Crippen LogP contribution in [0.5, 0.6) is 17.2 Å². The molecule has 3 aliphatic rings. The fraction of sp³-hybridized carbons (Fsp3) is 0.404. The number of unbranched alkanes of at least 4 members (excludes halogenated alkanes) is 2. The van der Waals surface area contributed by atoms with Crippen molar-refractivity contribution in [2.45, 2.75) is 87.5 Å². The fourth-order valence-corrected chi connectivity index (χ4v) is 10.2. The predicted molar refractivity (Wildman–Crippen MR) is 247 cm³/mol. The number of nitrogens with zero attached hydrogens (tertiary/aromatic N) is 3. The minimum Gasteiger partial charge on any atom is -0.459 e. The van der Waals surface area contributed by atoms with Crippen molar-refractivity contribution < 1.29 is 34.1 Å². The summed E-state index contributed by atoms with van der Waals surface area (Å²) in [6.45, 7) is 7.14. The zero-order valence-electron chi connectivity index (χ0n) is 36.4. The van der Waals surface area contributed by atoms with Crippen LogP contribution in [-0.2, 0) is 16.2 Å². The molecule has 0 spiro atoms. The minimum atomic E-state index is -1.39. The monoisotopic (exact) mass is 869 g/mol. The van der Waals surface area contributed by atoms with Gasteiger partial charge in [-0.3, -0.25) is 4.79 Å². The van der Waals surface area contributed by atoms with E-state index in [1.807, 2.05) is 84.8 Å². The summed E-state index contributed by atoms with van der Waals surface area (Å²) in [6.07, 6.45) is 11.7. The summed E-state index contributed by atoms with van der Waals surface area (Å²) in [5, 5.41) is 34.5. The number of rotatable bonds is 21. The number of hydrogen-bond acceptors (Lipinski definition) is 10. The lowest BCUT2D eigenvalue weighted by molar-refractivity contribution is -0.254. The molecule has 1 amide bonds. The van der Waals surface area contributed by atoms with Crippen molar-refractivity contribution >= 4 is 23.4 Å². The lowest BCUT2D eigenvalue weighted by Gasteiger charge is -2.60. The molecule has 330 valence electrons. The van der Waals surface area contributed by atoms with Gasteiger partial charge in [0.25, 0.3) is 5.91 Å². The molecule has 2 N–H and O–H groups in total. The van der Waals surface area contributed by atoms with Gasteiger partial charge >= 0.3 is 0 Å². The van der Waals surface area contributed by atoms with E-state index in [0.29, 0.717) is 48.4 Å². The van der Waals surface area contributed by atoms with Crippen LogP contribution in [0.1, 0.15) is 91.3 Å². The second-order valence-electron chi connectivity index (χ2n) is 16.5. The molecule has 1 aliphatic heterocycles. The van der Waals surface area contributed by atoms with Crippen LogP contribution in [0.2, 0.25) is 0 Å². The molecule has 0 saturated heterocycles. The second-order valence-corrected chi connectivity index (χ2v) is 17.4. The number of benzene rings is 4. The van der Waals surface area contributed by atoms with Crippen molar-refractivity contribution in [1.29, 1.82) is 5.26 Å². The van der Waals surface area contributed by atoms with Crippen molar-refractivity contribution in [3.05, 3.63) is 144 Å². The van der Waals surface area contributed by atoms with Crippen molar-refractivity contribution in [2.75, 3.05) is 32.6 Å². The quantitative estimate of drug-likeness (QED) is 0.0363. The molecule has 1 fully saturated rings. The van der Waals surface area contributed by atoms with Gasteiger partial charge in [-0.05, 0) is 128 Å². The molecule has 63 heavy (non-hydrogen) atoms. The highest BCUT2D eigenvalue weighted by atomic mass is 32.2. The number of aliphatic hydroxyl groups excluding tert-OH is 2. The number of ether oxygens (including phenoxy) is 3. The smallest absolute Gasteiger partial charge is 0.254 e. The van der Waals surface area contributed by atoms with Gasteiger partial charge in [-0.1, -0.05) is 67.4 Å². The number of fused-ring (bicyclic) bond motifs is 2. The minimum absolute atomic E-state index is 0.0635. The molecule has 0 aromatic heterocycles. The summed E-state index contributed by atoms with van der Waals surface area (Å²) < 4.78 is 21.1. The SMILES string of the molecule is C=CCO[C@@]12Oc3ccc(Oc4ccc(SC)cc4)cc3[C@H]3[C@H](CCCCO)[C@@H](CCCCO)C=C(C(=NOCc4ccccc4)C[C@@H]1N(CCC)C(=O)c1ccc(C#N)cc1)[C@H]32. The third kappa shape index (κ3) is 10.2. The Labute approximate surface area is 376 Å². The number of nitriles is 1. The van der Waals surface area contributed by atoms with Gasteiger partial charge in [0.1, 0.15) is 29.9 Å². The van der Waals surface area contributed by atoms with Crippen molar-refractivity contribution in [3.8, 4) is 23.3 Å². The van der Waals surface area contributed by atoms with E-state index in [2.05, 4.69) is 24.8 Å². The summed E-state index contributed by atoms with van der Waals surface area (Å²) in [7, 11) is 0. The standard InChI is InChI=1S/C52H59N3O7S/c1-4-27-55(51(58)38-19-17-36(34-53)18-20-38)48-33-46(54-60-35-37-13-7-6-8-14-37)44-31-39(15-9-11-28-56)43(16-10-12-29-57)49-45-32-41(61-40-21-24-42(63-3)25-22-40)23-26-47(45)62-52(48,50(44)49)59-30-5-2/h5-8,13-14,17-26,31-32,39,43,48-50,56-57H,2,4,9-12,15-16,27-30,33,35H2,1,3H3/t39-,43+,48-,49+,50+,52+/m0/s1. The number of carbonyl (C=O) groups is 1. The van der Waals surface area contributed by atoms with E-state index in [1.165, 1.54) is 0 Å². The van der Waals surface area contributed by atoms with Gasteiger partial charge in [0.15, 0.2) is 0 Å². The van der Waals surface area contributed by atoms with E-state index < -0.39 is 17.7 Å². The number of thioether (sulfide) groups is 1. The Balaban J connectivity index is 1.44. The first-order valence-electron chi connectivity index (χ1n) is 22.2. The Morgan fingerprint density at radius 2 is 1.71 bits per heavy atom. The molecular weight excluding hydrogens is 811 g/mol. The molecule has 0 unspecified atom stereocenters. The largest absolute Gasteiger partial charge is 0.459 e. The molecular formula is C52H59N3O7S. The van der Waals surface area contributed by atoms with Gasteiger partial charge in [-0.2, -0.15) is 5.26 Å². The summed E-state index contributed by atoms with van der Waals surface area (Å²) in [6, 6.07) is 32.2. The summed E-state index contributed by atoms with van der Waals surface area (Å²) in [5.74, 6) is -0.0613. The summed E-state index contributed by atoms with van der Waals surface area (Å²) in [5.41, 5.74) is 4.58. The summed E-state index contributed by atoms with van der Waals surface area (Å²) in [4.78, 5) is 24.2. The number of amides is 1. The highest BCUT2D eigenvalue weighted by Crippen LogP contribution is 2.62. The molecule has 10 nitrogen and oxygen atoms in total.